The highest BCUT2D eigenvalue weighted by molar-refractivity contribution is 5.94. The Hall–Kier alpha value is -2.32. The number of aliphatic carboxylic acids is 1. The number of pyridine rings is 1. The average molecular weight is 318 g/mol. The van der Waals surface area contributed by atoms with Gasteiger partial charge in [-0.3, -0.25) is 9.59 Å². The van der Waals surface area contributed by atoms with Gasteiger partial charge in [-0.2, -0.15) is 13.2 Å². The van der Waals surface area contributed by atoms with Gasteiger partial charge >= 0.3 is 12.1 Å². The van der Waals surface area contributed by atoms with E-state index in [1.165, 1.54) is 12.1 Å². The molecule has 6 nitrogen and oxygen atoms in total. The van der Waals surface area contributed by atoms with E-state index < -0.39 is 30.6 Å². The van der Waals surface area contributed by atoms with Crippen molar-refractivity contribution in [2.75, 3.05) is 6.61 Å². The van der Waals surface area contributed by atoms with Crippen molar-refractivity contribution >= 4 is 11.9 Å². The lowest BCUT2D eigenvalue weighted by molar-refractivity contribution is -0.154. The molecular formula is C13H13F3N2O4. The molecule has 1 amide bonds. The van der Waals surface area contributed by atoms with E-state index in [-0.39, 0.29) is 17.5 Å². The normalized spacial score (nSPS) is 20.9. The largest absolute Gasteiger partial charge is 0.481 e. The molecule has 1 aliphatic rings. The van der Waals surface area contributed by atoms with Gasteiger partial charge in [0.25, 0.3) is 5.91 Å². The van der Waals surface area contributed by atoms with Crippen LogP contribution in [0.1, 0.15) is 23.2 Å². The van der Waals surface area contributed by atoms with Crippen LogP contribution in [0.2, 0.25) is 0 Å². The van der Waals surface area contributed by atoms with Gasteiger partial charge in [0.2, 0.25) is 5.88 Å². The van der Waals surface area contributed by atoms with E-state index in [2.05, 4.69) is 15.0 Å². The lowest BCUT2D eigenvalue weighted by Crippen LogP contribution is -2.46. The van der Waals surface area contributed by atoms with E-state index in [0.717, 1.165) is 6.20 Å². The summed E-state index contributed by atoms with van der Waals surface area (Å²) >= 11 is 0. The van der Waals surface area contributed by atoms with E-state index in [0.29, 0.717) is 12.8 Å². The second kappa shape index (κ2) is 6.20. The lowest BCUT2D eigenvalue weighted by Gasteiger charge is -2.32. The van der Waals surface area contributed by atoms with Crippen molar-refractivity contribution in [3.8, 4) is 5.88 Å². The first kappa shape index (κ1) is 16.1. The van der Waals surface area contributed by atoms with Gasteiger partial charge in [-0.15, -0.1) is 0 Å². The number of nitrogens with zero attached hydrogens (tertiary/aromatic N) is 1. The van der Waals surface area contributed by atoms with E-state index in [1.807, 2.05) is 0 Å². The second-order valence-corrected chi connectivity index (χ2v) is 4.97. The highest BCUT2D eigenvalue weighted by atomic mass is 19.4. The summed E-state index contributed by atoms with van der Waals surface area (Å²) < 4.78 is 40.3. The Morgan fingerprint density at radius 1 is 1.36 bits per heavy atom. The molecule has 0 aliphatic heterocycles. The molecule has 0 saturated heterocycles. The Labute approximate surface area is 123 Å². The first-order chi connectivity index (χ1) is 10.2. The molecule has 2 N–H and O–H groups in total. The summed E-state index contributed by atoms with van der Waals surface area (Å²) in [5.41, 5.74) is 0.165. The van der Waals surface area contributed by atoms with Crippen LogP contribution in [0.25, 0.3) is 0 Å². The van der Waals surface area contributed by atoms with Crippen LogP contribution >= 0.6 is 0 Å². The minimum absolute atomic E-state index is 0.165. The summed E-state index contributed by atoms with van der Waals surface area (Å²) in [6, 6.07) is 2.25. The molecule has 22 heavy (non-hydrogen) atoms. The predicted octanol–water partition coefficient (Wildman–Crippen LogP) is 1.62. The van der Waals surface area contributed by atoms with Gasteiger partial charge in [0.05, 0.1) is 11.5 Å². The molecule has 1 aromatic rings. The molecule has 1 fully saturated rings. The quantitative estimate of drug-likeness (QED) is 0.861. The van der Waals surface area contributed by atoms with Gasteiger partial charge in [0.1, 0.15) is 0 Å². The first-order valence-electron chi connectivity index (χ1n) is 6.44. The molecule has 2 rings (SSSR count). The highest BCUT2D eigenvalue weighted by Gasteiger charge is 2.35. The van der Waals surface area contributed by atoms with Gasteiger partial charge in [-0.1, -0.05) is 0 Å². The fourth-order valence-corrected chi connectivity index (χ4v) is 1.96. The van der Waals surface area contributed by atoms with Gasteiger partial charge < -0.3 is 15.2 Å². The Bertz CT molecular complexity index is 553. The number of amides is 1. The van der Waals surface area contributed by atoms with Crippen LogP contribution < -0.4 is 10.1 Å². The van der Waals surface area contributed by atoms with Crippen molar-refractivity contribution in [1.29, 1.82) is 0 Å². The number of halogens is 3. The van der Waals surface area contributed by atoms with Crippen LogP contribution in [0.5, 0.6) is 5.88 Å². The van der Waals surface area contributed by atoms with E-state index in [1.54, 1.807) is 0 Å². The van der Waals surface area contributed by atoms with Gasteiger partial charge in [-0.05, 0) is 18.9 Å². The molecule has 1 aliphatic carbocycles. The topological polar surface area (TPSA) is 88.5 Å². The highest BCUT2D eigenvalue weighted by Crippen LogP contribution is 2.27. The Kier molecular flexibility index (Phi) is 4.53. The second-order valence-electron chi connectivity index (χ2n) is 4.97. The molecule has 0 spiro atoms. The smallest absolute Gasteiger partial charge is 0.422 e. The predicted molar refractivity (Wildman–Crippen MR) is 67.4 cm³/mol. The van der Waals surface area contributed by atoms with Gasteiger partial charge in [-0.25, -0.2) is 4.98 Å². The molecular weight excluding hydrogens is 305 g/mol. The SMILES string of the molecule is O=C(NC1CC(C(=O)O)C1)c1ccc(OCC(F)(F)F)nc1. The third-order valence-electron chi connectivity index (χ3n) is 3.20. The zero-order valence-corrected chi connectivity index (χ0v) is 11.3. The molecule has 1 heterocycles. The summed E-state index contributed by atoms with van der Waals surface area (Å²) in [7, 11) is 0. The van der Waals surface area contributed by atoms with Crippen LogP contribution in [-0.2, 0) is 4.79 Å². The van der Waals surface area contributed by atoms with E-state index >= 15 is 0 Å². The number of hydrogen-bond acceptors (Lipinski definition) is 4. The summed E-state index contributed by atoms with van der Waals surface area (Å²) in [5, 5.41) is 11.4. The van der Waals surface area contributed by atoms with Crippen molar-refractivity contribution < 1.29 is 32.6 Å². The van der Waals surface area contributed by atoms with Crippen LogP contribution in [-0.4, -0.2) is 40.8 Å². The maximum atomic E-state index is 12.0. The maximum absolute atomic E-state index is 12.0. The minimum Gasteiger partial charge on any atom is -0.481 e. The molecule has 1 saturated carbocycles. The Balaban J connectivity index is 1.83. The number of nitrogens with one attached hydrogen (secondary N) is 1. The van der Waals surface area contributed by atoms with Crippen molar-refractivity contribution in [2.45, 2.75) is 25.1 Å². The fourth-order valence-electron chi connectivity index (χ4n) is 1.96. The molecule has 9 heteroatoms. The number of carboxylic acids is 1. The van der Waals surface area contributed by atoms with Crippen molar-refractivity contribution in [2.24, 2.45) is 5.92 Å². The standard InChI is InChI=1S/C13H13F3N2O4/c14-13(15,16)6-22-10-2-1-7(5-17-10)11(19)18-9-3-8(4-9)12(20)21/h1-2,5,8-9H,3-4,6H2,(H,18,19)(H,20,21). The molecule has 120 valence electrons. The third kappa shape index (κ3) is 4.34. The molecule has 1 aromatic heterocycles. The number of aromatic nitrogens is 1. The van der Waals surface area contributed by atoms with E-state index in [4.69, 9.17) is 5.11 Å². The molecule has 0 bridgehead atoms. The van der Waals surface area contributed by atoms with E-state index in [9.17, 15) is 22.8 Å². The van der Waals surface area contributed by atoms with Crippen LogP contribution in [0.4, 0.5) is 13.2 Å². The van der Waals surface area contributed by atoms with Gasteiger partial charge in [0, 0.05) is 18.3 Å². The average Bonchev–Trinajstić information content (AvgIpc) is 2.39. The third-order valence-corrected chi connectivity index (χ3v) is 3.20. The zero-order valence-electron chi connectivity index (χ0n) is 11.3. The van der Waals surface area contributed by atoms with Crippen molar-refractivity contribution in [3.05, 3.63) is 23.9 Å². The number of rotatable bonds is 5. The summed E-state index contributed by atoms with van der Waals surface area (Å²) in [6.45, 7) is -1.45. The summed E-state index contributed by atoms with van der Waals surface area (Å²) in [6.07, 6.45) is -2.63. The molecule has 0 atom stereocenters. The monoisotopic (exact) mass is 318 g/mol. The number of carbonyl (C=O) groups is 2. The van der Waals surface area contributed by atoms with Crippen molar-refractivity contribution in [1.82, 2.24) is 10.3 Å². The lowest BCUT2D eigenvalue weighted by atomic mass is 9.80. The number of ether oxygens (including phenoxy) is 1. The Morgan fingerprint density at radius 2 is 2.05 bits per heavy atom. The van der Waals surface area contributed by atoms with Crippen LogP contribution in [0, 0.1) is 5.92 Å². The number of carboxylic acid groups (broad SMARTS) is 1. The number of hydrogen-bond donors (Lipinski definition) is 2. The molecule has 0 radical (unpaired) electrons. The first-order valence-corrected chi connectivity index (χ1v) is 6.44. The summed E-state index contributed by atoms with van der Waals surface area (Å²) in [4.78, 5) is 26.1. The zero-order chi connectivity index (χ0) is 16.3. The minimum atomic E-state index is -4.46. The maximum Gasteiger partial charge on any atom is 0.422 e. The van der Waals surface area contributed by atoms with Crippen LogP contribution in [0.15, 0.2) is 18.3 Å². The molecule has 0 aromatic carbocycles. The number of alkyl halides is 3. The fraction of sp³-hybridized carbons (Fsp3) is 0.462. The number of carbonyl (C=O) groups excluding carboxylic acids is 1. The van der Waals surface area contributed by atoms with Crippen molar-refractivity contribution in [3.63, 3.8) is 0 Å². The molecule has 0 unspecified atom stereocenters. The van der Waals surface area contributed by atoms with Crippen LogP contribution in [0.3, 0.4) is 0 Å². The summed E-state index contributed by atoms with van der Waals surface area (Å²) in [5.74, 6) is -2.02. The Morgan fingerprint density at radius 3 is 2.55 bits per heavy atom. The van der Waals surface area contributed by atoms with Gasteiger partial charge in [0.15, 0.2) is 6.61 Å².